The van der Waals surface area contributed by atoms with Crippen LogP contribution in [0, 0.1) is 13.8 Å². The van der Waals surface area contributed by atoms with Crippen LogP contribution in [-0.4, -0.2) is 37.8 Å². The molecule has 2 aromatic heterocycles. The number of hydrogen-bond donors (Lipinski definition) is 1. The van der Waals surface area contributed by atoms with Crippen LogP contribution in [0.5, 0.6) is 0 Å². The summed E-state index contributed by atoms with van der Waals surface area (Å²) in [5.41, 5.74) is 4.18. The van der Waals surface area contributed by atoms with Crippen molar-refractivity contribution in [1.29, 1.82) is 0 Å². The SMILES string of the molecule is Cc1nc2c(c(=O)[nH]1)C[C@@H]1CC[C@@H](C2)N1C(=O)c1ccc(-c2csc(C)n2)cc1. The van der Waals surface area contributed by atoms with E-state index in [1.54, 1.807) is 18.3 Å². The van der Waals surface area contributed by atoms with Crippen LogP contribution < -0.4 is 5.56 Å². The van der Waals surface area contributed by atoms with Gasteiger partial charge in [-0.05, 0) is 38.8 Å². The summed E-state index contributed by atoms with van der Waals surface area (Å²) in [6.07, 6.45) is 3.12. The van der Waals surface area contributed by atoms with Crippen LogP contribution in [0.25, 0.3) is 11.3 Å². The molecule has 29 heavy (non-hydrogen) atoms. The summed E-state index contributed by atoms with van der Waals surface area (Å²) in [4.78, 5) is 39.7. The standard InChI is InChI=1S/C22H22N4O2S/c1-12-23-19-10-17-8-7-16(9-18(19)21(27)24-12)26(17)22(28)15-5-3-14(4-6-15)20-11-29-13(2)25-20/h3-6,11,16-17H,7-10H2,1-2H3,(H,23,24,27)/t16-,17-/m0/s1. The largest absolute Gasteiger partial charge is 0.332 e. The predicted octanol–water partition coefficient (Wildman–Crippen LogP) is 3.28. The van der Waals surface area contributed by atoms with Crippen molar-refractivity contribution in [3.05, 3.63) is 67.7 Å². The van der Waals surface area contributed by atoms with Crippen LogP contribution in [0.1, 0.15) is 45.3 Å². The lowest BCUT2D eigenvalue weighted by atomic mass is 9.98. The maximum Gasteiger partial charge on any atom is 0.254 e. The van der Waals surface area contributed by atoms with Gasteiger partial charge in [0.2, 0.25) is 0 Å². The predicted molar refractivity (Wildman–Crippen MR) is 112 cm³/mol. The number of hydrogen-bond acceptors (Lipinski definition) is 5. The molecule has 6 nitrogen and oxygen atoms in total. The number of carbonyl (C=O) groups is 1. The Labute approximate surface area is 172 Å². The monoisotopic (exact) mass is 406 g/mol. The van der Waals surface area contributed by atoms with Gasteiger partial charge >= 0.3 is 0 Å². The highest BCUT2D eigenvalue weighted by Gasteiger charge is 2.41. The fourth-order valence-corrected chi connectivity index (χ4v) is 5.25. The van der Waals surface area contributed by atoms with Crippen LogP contribution in [0.3, 0.4) is 0 Å². The second kappa shape index (κ2) is 6.91. The Morgan fingerprint density at radius 1 is 1.10 bits per heavy atom. The molecule has 1 fully saturated rings. The van der Waals surface area contributed by atoms with Crippen LogP contribution in [0.15, 0.2) is 34.4 Å². The smallest absolute Gasteiger partial charge is 0.254 e. The zero-order chi connectivity index (χ0) is 20.1. The van der Waals surface area contributed by atoms with Crippen molar-refractivity contribution in [2.24, 2.45) is 0 Å². The van der Waals surface area contributed by atoms with Gasteiger partial charge < -0.3 is 9.88 Å². The molecule has 5 rings (SSSR count). The summed E-state index contributed by atoms with van der Waals surface area (Å²) in [5.74, 6) is 0.678. The van der Waals surface area contributed by atoms with Crippen LogP contribution in [-0.2, 0) is 12.8 Å². The lowest BCUT2D eigenvalue weighted by Crippen LogP contribution is -2.41. The van der Waals surface area contributed by atoms with Gasteiger partial charge in [-0.3, -0.25) is 9.59 Å². The lowest BCUT2D eigenvalue weighted by molar-refractivity contribution is 0.0673. The summed E-state index contributed by atoms with van der Waals surface area (Å²) < 4.78 is 0. The van der Waals surface area contributed by atoms with Crippen molar-refractivity contribution in [1.82, 2.24) is 19.9 Å². The van der Waals surface area contributed by atoms with Gasteiger partial charge in [-0.25, -0.2) is 9.97 Å². The van der Waals surface area contributed by atoms with E-state index in [1.165, 1.54) is 0 Å². The van der Waals surface area contributed by atoms with E-state index in [9.17, 15) is 9.59 Å². The molecule has 1 aromatic carbocycles. The van der Waals surface area contributed by atoms with E-state index >= 15 is 0 Å². The molecule has 0 saturated carbocycles. The number of fused-ring (bicyclic) bond motifs is 3. The molecule has 0 aliphatic carbocycles. The number of carbonyl (C=O) groups excluding carboxylic acids is 1. The number of aryl methyl sites for hydroxylation is 2. The molecule has 1 saturated heterocycles. The van der Waals surface area contributed by atoms with Crippen molar-refractivity contribution in [3.63, 3.8) is 0 Å². The normalized spacial score (nSPS) is 20.4. The third-order valence-electron chi connectivity index (χ3n) is 5.99. The molecule has 148 valence electrons. The first-order valence-corrected chi connectivity index (χ1v) is 10.8. The fourth-order valence-electron chi connectivity index (χ4n) is 4.63. The third-order valence-corrected chi connectivity index (χ3v) is 6.76. The van der Waals surface area contributed by atoms with Crippen molar-refractivity contribution < 1.29 is 4.79 Å². The maximum atomic E-state index is 13.4. The van der Waals surface area contributed by atoms with E-state index in [0.717, 1.165) is 40.4 Å². The second-order valence-electron chi connectivity index (χ2n) is 7.91. The Hall–Kier alpha value is -2.80. The minimum Gasteiger partial charge on any atom is -0.332 e. The Morgan fingerprint density at radius 2 is 1.83 bits per heavy atom. The molecule has 7 heteroatoms. The Morgan fingerprint density at radius 3 is 2.52 bits per heavy atom. The number of thiazole rings is 1. The molecule has 3 aromatic rings. The minimum absolute atomic E-state index is 0.0412. The molecule has 1 amide bonds. The number of nitrogens with one attached hydrogen (secondary N) is 1. The van der Waals surface area contributed by atoms with Gasteiger partial charge in [0.25, 0.3) is 11.5 Å². The molecule has 0 unspecified atom stereocenters. The van der Waals surface area contributed by atoms with Gasteiger partial charge in [-0.1, -0.05) is 12.1 Å². The number of rotatable bonds is 2. The van der Waals surface area contributed by atoms with Gasteiger partial charge in [0.15, 0.2) is 0 Å². The zero-order valence-corrected chi connectivity index (χ0v) is 17.3. The Kier molecular flexibility index (Phi) is 4.35. The Bertz CT molecular complexity index is 1150. The molecule has 2 atom stereocenters. The fraction of sp³-hybridized carbons (Fsp3) is 0.364. The van der Waals surface area contributed by atoms with E-state index in [2.05, 4.69) is 15.0 Å². The Balaban J connectivity index is 1.43. The van der Waals surface area contributed by atoms with Crippen LogP contribution >= 0.6 is 11.3 Å². The third kappa shape index (κ3) is 3.19. The zero-order valence-electron chi connectivity index (χ0n) is 16.4. The molecule has 1 N–H and O–H groups in total. The maximum absolute atomic E-state index is 13.4. The minimum atomic E-state index is -0.0599. The van der Waals surface area contributed by atoms with E-state index in [0.29, 0.717) is 24.2 Å². The number of benzene rings is 1. The number of amides is 1. The molecule has 4 heterocycles. The van der Waals surface area contributed by atoms with Gasteiger partial charge in [-0.15, -0.1) is 11.3 Å². The molecular weight excluding hydrogens is 384 g/mol. The van der Waals surface area contributed by atoms with E-state index < -0.39 is 0 Å². The lowest BCUT2D eigenvalue weighted by Gasteiger charge is -2.28. The average molecular weight is 407 g/mol. The topological polar surface area (TPSA) is 79.0 Å². The van der Waals surface area contributed by atoms with Gasteiger partial charge in [-0.2, -0.15) is 0 Å². The van der Waals surface area contributed by atoms with E-state index in [4.69, 9.17) is 0 Å². The summed E-state index contributed by atoms with van der Waals surface area (Å²) in [6.45, 7) is 3.79. The summed E-state index contributed by atoms with van der Waals surface area (Å²) in [5, 5.41) is 3.06. The van der Waals surface area contributed by atoms with Crippen LogP contribution in [0.4, 0.5) is 0 Å². The molecule has 2 aliphatic rings. The van der Waals surface area contributed by atoms with Crippen molar-refractivity contribution >= 4 is 17.2 Å². The first-order chi connectivity index (χ1) is 14.0. The van der Waals surface area contributed by atoms with Crippen molar-refractivity contribution in [3.8, 4) is 11.3 Å². The number of nitrogens with zero attached hydrogens (tertiary/aromatic N) is 3. The van der Waals surface area contributed by atoms with Crippen LogP contribution in [0.2, 0.25) is 0 Å². The number of H-pyrrole nitrogens is 1. The summed E-state index contributed by atoms with van der Waals surface area (Å²) in [7, 11) is 0. The summed E-state index contributed by atoms with van der Waals surface area (Å²) >= 11 is 1.62. The highest BCUT2D eigenvalue weighted by Crippen LogP contribution is 2.34. The molecule has 0 radical (unpaired) electrons. The van der Waals surface area contributed by atoms with Gasteiger partial charge in [0.1, 0.15) is 5.82 Å². The van der Waals surface area contributed by atoms with Crippen molar-refractivity contribution in [2.75, 3.05) is 0 Å². The first kappa shape index (κ1) is 18.2. The van der Waals surface area contributed by atoms with Gasteiger partial charge in [0.05, 0.1) is 16.4 Å². The highest BCUT2D eigenvalue weighted by molar-refractivity contribution is 7.09. The molecule has 2 bridgehead atoms. The number of aromatic nitrogens is 3. The summed E-state index contributed by atoms with van der Waals surface area (Å²) in [6, 6.07) is 7.86. The van der Waals surface area contributed by atoms with Crippen molar-refractivity contribution in [2.45, 2.75) is 51.6 Å². The number of aromatic amines is 1. The quantitative estimate of drug-likeness (QED) is 0.708. The van der Waals surface area contributed by atoms with E-state index in [-0.39, 0.29) is 23.6 Å². The van der Waals surface area contributed by atoms with Gasteiger partial charge in [0, 0.05) is 47.0 Å². The molecule has 2 aliphatic heterocycles. The first-order valence-electron chi connectivity index (χ1n) is 9.93. The molecular formula is C22H22N4O2S. The highest BCUT2D eigenvalue weighted by atomic mass is 32.1. The van der Waals surface area contributed by atoms with E-state index in [1.807, 2.05) is 41.5 Å². The average Bonchev–Trinajstić information content (AvgIpc) is 3.25. The molecule has 0 spiro atoms. The second-order valence-corrected chi connectivity index (χ2v) is 8.97.